The number of nitrogens with one attached hydrogen (secondary N) is 1. The van der Waals surface area contributed by atoms with Gasteiger partial charge in [-0.3, -0.25) is 5.10 Å². The number of hydrogen-bond acceptors (Lipinski definition) is 5. The number of rotatable bonds is 6. The third-order valence-corrected chi connectivity index (χ3v) is 4.42. The van der Waals surface area contributed by atoms with Gasteiger partial charge in [0.1, 0.15) is 17.5 Å². The van der Waals surface area contributed by atoms with E-state index in [1.54, 1.807) is 11.8 Å². The molecule has 0 spiro atoms. The zero-order chi connectivity index (χ0) is 16.9. The van der Waals surface area contributed by atoms with E-state index in [0.29, 0.717) is 0 Å². The van der Waals surface area contributed by atoms with Crippen molar-refractivity contribution in [2.24, 2.45) is 0 Å². The van der Waals surface area contributed by atoms with E-state index in [1.165, 1.54) is 11.1 Å². The Labute approximate surface area is 145 Å². The van der Waals surface area contributed by atoms with Crippen molar-refractivity contribution in [3.63, 3.8) is 0 Å². The van der Waals surface area contributed by atoms with E-state index in [1.807, 2.05) is 42.8 Å². The van der Waals surface area contributed by atoms with Gasteiger partial charge in [0.15, 0.2) is 0 Å². The van der Waals surface area contributed by atoms with Crippen LogP contribution in [0.4, 0.5) is 0 Å². The van der Waals surface area contributed by atoms with E-state index in [-0.39, 0.29) is 0 Å². The lowest BCUT2D eigenvalue weighted by molar-refractivity contribution is 0.637. The van der Waals surface area contributed by atoms with Gasteiger partial charge in [0.25, 0.3) is 0 Å². The summed E-state index contributed by atoms with van der Waals surface area (Å²) in [4.78, 5) is 8.78. The molecule has 0 aliphatic carbocycles. The van der Waals surface area contributed by atoms with Crippen molar-refractivity contribution in [1.82, 2.24) is 29.9 Å². The standard InChI is InChI=1S/C17H20N6S/c1-12-6-4-5-7-15(12)8-9-16-19-17(21-20-16)24-11-10-23-14(3)18-13(2)22-23/h4-9H,10-11H2,1-3H3,(H,19,20,21). The Morgan fingerprint density at radius 3 is 2.71 bits per heavy atom. The van der Waals surface area contributed by atoms with Crippen molar-refractivity contribution < 1.29 is 0 Å². The molecule has 0 saturated heterocycles. The average molecular weight is 340 g/mol. The lowest BCUT2D eigenvalue weighted by Gasteiger charge is -2.00. The van der Waals surface area contributed by atoms with Gasteiger partial charge < -0.3 is 0 Å². The molecule has 0 aliphatic rings. The van der Waals surface area contributed by atoms with Gasteiger partial charge in [-0.15, -0.1) is 5.10 Å². The molecule has 3 rings (SSSR count). The van der Waals surface area contributed by atoms with E-state index in [4.69, 9.17) is 0 Å². The van der Waals surface area contributed by atoms with E-state index in [9.17, 15) is 0 Å². The molecule has 24 heavy (non-hydrogen) atoms. The van der Waals surface area contributed by atoms with Gasteiger partial charge >= 0.3 is 0 Å². The van der Waals surface area contributed by atoms with Crippen LogP contribution < -0.4 is 0 Å². The number of aromatic amines is 1. The first kappa shape index (κ1) is 16.4. The number of benzene rings is 1. The molecular formula is C17H20N6S. The number of thioether (sulfide) groups is 1. The van der Waals surface area contributed by atoms with Crippen molar-refractivity contribution in [1.29, 1.82) is 0 Å². The molecule has 0 radical (unpaired) electrons. The highest BCUT2D eigenvalue weighted by molar-refractivity contribution is 7.99. The zero-order valence-corrected chi connectivity index (χ0v) is 14.8. The molecule has 0 atom stereocenters. The van der Waals surface area contributed by atoms with Crippen LogP contribution in [0.15, 0.2) is 29.4 Å². The third kappa shape index (κ3) is 4.11. The van der Waals surface area contributed by atoms with Crippen molar-refractivity contribution in [2.45, 2.75) is 32.5 Å². The molecule has 0 saturated carbocycles. The van der Waals surface area contributed by atoms with Crippen LogP contribution in [0.3, 0.4) is 0 Å². The molecule has 1 aromatic carbocycles. The summed E-state index contributed by atoms with van der Waals surface area (Å²) in [5, 5.41) is 12.3. The average Bonchev–Trinajstić information content (AvgIpc) is 3.13. The van der Waals surface area contributed by atoms with Crippen molar-refractivity contribution in [2.75, 3.05) is 5.75 Å². The van der Waals surface area contributed by atoms with Crippen LogP contribution in [0.5, 0.6) is 0 Å². The fourth-order valence-corrected chi connectivity index (χ4v) is 3.06. The lowest BCUT2D eigenvalue weighted by Crippen LogP contribution is -2.05. The predicted octanol–water partition coefficient (Wildman–Crippen LogP) is 3.28. The number of aryl methyl sites for hydroxylation is 4. The highest BCUT2D eigenvalue weighted by Gasteiger charge is 2.05. The Bertz CT molecular complexity index is 848. The summed E-state index contributed by atoms with van der Waals surface area (Å²) in [5.74, 6) is 3.35. The van der Waals surface area contributed by atoms with Crippen LogP contribution in [0.1, 0.15) is 28.6 Å². The predicted molar refractivity (Wildman–Crippen MR) is 96.7 cm³/mol. The second kappa shape index (κ2) is 7.44. The van der Waals surface area contributed by atoms with Crippen molar-refractivity contribution in [3.8, 4) is 0 Å². The molecule has 2 aromatic heterocycles. The smallest absolute Gasteiger partial charge is 0.208 e. The summed E-state index contributed by atoms with van der Waals surface area (Å²) in [5.41, 5.74) is 2.42. The molecule has 7 heteroatoms. The van der Waals surface area contributed by atoms with E-state index < -0.39 is 0 Å². The topological polar surface area (TPSA) is 72.3 Å². The second-order valence-corrected chi connectivity index (χ2v) is 6.53. The van der Waals surface area contributed by atoms with Gasteiger partial charge in [-0.1, -0.05) is 42.1 Å². The normalized spacial score (nSPS) is 11.5. The molecule has 3 aromatic rings. The maximum atomic E-state index is 4.48. The molecule has 2 heterocycles. The molecular weight excluding hydrogens is 320 g/mol. The Morgan fingerprint density at radius 1 is 1.12 bits per heavy atom. The minimum atomic E-state index is 0.744. The SMILES string of the molecule is Cc1nc(C)n(CCSc2n[nH]c(C=Cc3ccccc3C)n2)n1. The van der Waals surface area contributed by atoms with Gasteiger partial charge in [0, 0.05) is 5.75 Å². The number of nitrogens with zero attached hydrogens (tertiary/aromatic N) is 5. The Hall–Kier alpha value is -2.41. The third-order valence-electron chi connectivity index (χ3n) is 3.59. The molecule has 0 unspecified atom stereocenters. The van der Waals surface area contributed by atoms with Crippen LogP contribution >= 0.6 is 11.8 Å². The van der Waals surface area contributed by atoms with Crippen molar-refractivity contribution >= 4 is 23.9 Å². The summed E-state index contributed by atoms with van der Waals surface area (Å²) in [7, 11) is 0. The van der Waals surface area contributed by atoms with Crippen LogP contribution in [0, 0.1) is 20.8 Å². The van der Waals surface area contributed by atoms with Crippen LogP contribution in [-0.2, 0) is 6.54 Å². The summed E-state index contributed by atoms with van der Waals surface area (Å²) in [6.45, 7) is 6.75. The monoisotopic (exact) mass is 340 g/mol. The number of H-pyrrole nitrogens is 1. The largest absolute Gasteiger partial charge is 0.259 e. The highest BCUT2D eigenvalue weighted by atomic mass is 32.2. The van der Waals surface area contributed by atoms with Gasteiger partial charge in [0.2, 0.25) is 5.16 Å². The van der Waals surface area contributed by atoms with Crippen LogP contribution in [-0.4, -0.2) is 35.7 Å². The number of aromatic nitrogens is 6. The molecule has 1 N–H and O–H groups in total. The first-order valence-electron chi connectivity index (χ1n) is 7.79. The molecule has 6 nitrogen and oxygen atoms in total. The van der Waals surface area contributed by atoms with E-state index >= 15 is 0 Å². The molecule has 0 aliphatic heterocycles. The zero-order valence-electron chi connectivity index (χ0n) is 14.0. The fourth-order valence-electron chi connectivity index (χ4n) is 2.34. The van der Waals surface area contributed by atoms with Gasteiger partial charge in [-0.05, 0) is 38.0 Å². The Morgan fingerprint density at radius 2 is 1.96 bits per heavy atom. The quantitative estimate of drug-likeness (QED) is 0.697. The minimum Gasteiger partial charge on any atom is -0.259 e. The summed E-state index contributed by atoms with van der Waals surface area (Å²) >= 11 is 1.60. The summed E-state index contributed by atoms with van der Waals surface area (Å²) in [6.07, 6.45) is 4.00. The van der Waals surface area contributed by atoms with Crippen molar-refractivity contribution in [3.05, 3.63) is 52.9 Å². The first-order chi connectivity index (χ1) is 11.6. The highest BCUT2D eigenvalue weighted by Crippen LogP contribution is 2.15. The molecule has 0 amide bonds. The summed E-state index contributed by atoms with van der Waals surface area (Å²) < 4.78 is 1.91. The van der Waals surface area contributed by atoms with Crippen LogP contribution in [0.2, 0.25) is 0 Å². The van der Waals surface area contributed by atoms with Gasteiger partial charge in [0.05, 0.1) is 6.54 Å². The lowest BCUT2D eigenvalue weighted by atomic mass is 10.1. The molecule has 0 fully saturated rings. The van der Waals surface area contributed by atoms with Crippen LogP contribution in [0.25, 0.3) is 12.2 Å². The first-order valence-corrected chi connectivity index (χ1v) is 8.77. The minimum absolute atomic E-state index is 0.744. The molecule has 0 bridgehead atoms. The maximum absolute atomic E-state index is 4.48. The van der Waals surface area contributed by atoms with Gasteiger partial charge in [-0.25, -0.2) is 14.6 Å². The van der Waals surface area contributed by atoms with Gasteiger partial charge in [-0.2, -0.15) is 5.10 Å². The Balaban J connectivity index is 1.56. The number of hydrogen-bond donors (Lipinski definition) is 1. The Kier molecular flexibility index (Phi) is 5.10. The van der Waals surface area contributed by atoms with E-state index in [0.717, 1.165) is 34.9 Å². The molecule has 124 valence electrons. The fraction of sp³-hybridized carbons (Fsp3) is 0.294. The second-order valence-electron chi connectivity index (χ2n) is 5.47. The maximum Gasteiger partial charge on any atom is 0.208 e. The summed E-state index contributed by atoms with van der Waals surface area (Å²) in [6, 6.07) is 8.24. The van der Waals surface area contributed by atoms with E-state index in [2.05, 4.69) is 44.3 Å².